The molecule has 3 aromatic rings. The first kappa shape index (κ1) is 27.5. The highest BCUT2D eigenvalue weighted by atomic mass is 32.2. The van der Waals surface area contributed by atoms with Gasteiger partial charge in [0, 0.05) is 80.2 Å². The van der Waals surface area contributed by atoms with E-state index in [1.54, 1.807) is 13.3 Å². The second kappa shape index (κ2) is 10.9. The van der Waals surface area contributed by atoms with E-state index in [1.807, 2.05) is 18.3 Å². The van der Waals surface area contributed by atoms with Crippen LogP contribution in [-0.4, -0.2) is 85.5 Å². The van der Waals surface area contributed by atoms with Gasteiger partial charge in [-0.25, -0.2) is 23.4 Å². The summed E-state index contributed by atoms with van der Waals surface area (Å²) in [5.74, 6) is 1.85. The molecule has 0 amide bonds. The number of hydrogen-bond donors (Lipinski definition) is 2. The van der Waals surface area contributed by atoms with Crippen molar-refractivity contribution in [1.82, 2.24) is 15.0 Å². The van der Waals surface area contributed by atoms with Gasteiger partial charge in [-0.15, -0.1) is 0 Å². The third kappa shape index (κ3) is 5.80. The molecule has 0 radical (unpaired) electrons. The highest BCUT2D eigenvalue weighted by molar-refractivity contribution is 7.90. The summed E-state index contributed by atoms with van der Waals surface area (Å²) in [5, 5.41) is 14.7. The van der Waals surface area contributed by atoms with E-state index in [0.717, 1.165) is 46.6 Å². The Labute approximate surface area is 230 Å². The molecule has 0 spiro atoms. The first-order valence-corrected chi connectivity index (χ1v) is 15.5. The van der Waals surface area contributed by atoms with Gasteiger partial charge in [-0.2, -0.15) is 0 Å². The molecule has 2 fully saturated rings. The first-order valence-electron chi connectivity index (χ1n) is 13.5. The van der Waals surface area contributed by atoms with Crippen LogP contribution in [0.15, 0.2) is 36.7 Å². The average molecular weight is 555 g/mol. The second-order valence-electron chi connectivity index (χ2n) is 11.1. The van der Waals surface area contributed by atoms with Crippen molar-refractivity contribution >= 4 is 43.9 Å². The summed E-state index contributed by atoms with van der Waals surface area (Å²) in [5.41, 5.74) is 3.86. The fourth-order valence-electron chi connectivity index (χ4n) is 5.68. The van der Waals surface area contributed by atoms with E-state index in [2.05, 4.69) is 58.0 Å². The minimum atomic E-state index is -3.02. The van der Waals surface area contributed by atoms with Crippen LogP contribution < -0.4 is 15.1 Å². The van der Waals surface area contributed by atoms with Crippen molar-refractivity contribution in [2.45, 2.75) is 51.4 Å². The number of anilines is 4. The van der Waals surface area contributed by atoms with Gasteiger partial charge >= 0.3 is 0 Å². The molecule has 10 nitrogen and oxygen atoms in total. The Balaban J connectivity index is 1.40. The maximum Gasteiger partial charge on any atom is 0.227 e. The molecule has 2 saturated heterocycles. The van der Waals surface area contributed by atoms with Gasteiger partial charge < -0.3 is 25.0 Å². The zero-order valence-electron chi connectivity index (χ0n) is 23.2. The number of ether oxygens (including phenoxy) is 1. The van der Waals surface area contributed by atoms with Gasteiger partial charge in [0.25, 0.3) is 0 Å². The molecular weight excluding hydrogens is 516 g/mol. The topological polar surface area (TPSA) is 121 Å². The van der Waals surface area contributed by atoms with Crippen LogP contribution in [0.25, 0.3) is 10.9 Å². The highest BCUT2D eigenvalue weighted by Gasteiger charge is 2.38. The van der Waals surface area contributed by atoms with Crippen molar-refractivity contribution in [2.24, 2.45) is 5.92 Å². The lowest BCUT2D eigenvalue weighted by Gasteiger charge is -2.48. The van der Waals surface area contributed by atoms with E-state index in [1.165, 1.54) is 6.26 Å². The molecule has 2 aromatic heterocycles. The van der Waals surface area contributed by atoms with Crippen molar-refractivity contribution in [3.05, 3.63) is 42.2 Å². The summed E-state index contributed by atoms with van der Waals surface area (Å²) in [6, 6.07) is 8.16. The summed E-state index contributed by atoms with van der Waals surface area (Å²) in [6.07, 6.45) is 4.91. The van der Waals surface area contributed by atoms with Crippen molar-refractivity contribution in [2.75, 3.05) is 53.9 Å². The van der Waals surface area contributed by atoms with E-state index in [9.17, 15) is 13.5 Å². The maximum absolute atomic E-state index is 11.8. The lowest BCUT2D eigenvalue weighted by atomic mass is 9.89. The van der Waals surface area contributed by atoms with Gasteiger partial charge in [-0.3, -0.25) is 0 Å². The maximum atomic E-state index is 11.8. The number of fused-ring (bicyclic) bond motifs is 1. The molecule has 0 saturated carbocycles. The third-order valence-electron chi connectivity index (χ3n) is 7.96. The molecule has 0 unspecified atom stereocenters. The van der Waals surface area contributed by atoms with Crippen LogP contribution in [0.1, 0.15) is 38.7 Å². The van der Waals surface area contributed by atoms with Crippen molar-refractivity contribution in [3.63, 3.8) is 0 Å². The lowest BCUT2D eigenvalue weighted by molar-refractivity contribution is -0.0218. The molecule has 4 heterocycles. The highest BCUT2D eigenvalue weighted by Crippen LogP contribution is 2.38. The molecule has 0 aliphatic carbocycles. The van der Waals surface area contributed by atoms with E-state index in [0.29, 0.717) is 19.0 Å². The Kier molecular flexibility index (Phi) is 7.67. The summed E-state index contributed by atoms with van der Waals surface area (Å²) in [6.45, 7) is 8.28. The van der Waals surface area contributed by atoms with Crippen molar-refractivity contribution in [1.29, 1.82) is 0 Å². The van der Waals surface area contributed by atoms with E-state index >= 15 is 0 Å². The number of methoxy groups -OCH3 is 1. The number of β-amino-alcohol motifs (C(OH)–C–C–N with tert-alkyl or cyclic N) is 1. The molecule has 5 rings (SSSR count). The summed E-state index contributed by atoms with van der Waals surface area (Å²) >= 11 is 0. The van der Waals surface area contributed by atoms with Crippen LogP contribution in [0, 0.1) is 5.92 Å². The van der Waals surface area contributed by atoms with Crippen LogP contribution >= 0.6 is 0 Å². The van der Waals surface area contributed by atoms with Crippen LogP contribution in [0.2, 0.25) is 0 Å². The Hall–Kier alpha value is -3.02. The Morgan fingerprint density at radius 1 is 1.21 bits per heavy atom. The standard InChI is InChI=1S/C28H38N6O4S/c1-17(2)21-6-7-23(34-14-19(18(34)3)16-39(5,36)37)22-13-30-28(32-27(21)22)31-20-8-10-29-26(12-20)33-11-9-25(38-4)24(35)15-33/h6-8,10,12-13,17-19,24-25,35H,9,11,14-16H2,1-5H3,(H,29,30,31,32)/t18-,19-,24+,25+/m1/s1. The molecule has 2 N–H and O–H groups in total. The zero-order valence-corrected chi connectivity index (χ0v) is 24.0. The number of hydrogen-bond acceptors (Lipinski definition) is 10. The minimum Gasteiger partial charge on any atom is -0.389 e. The lowest BCUT2D eigenvalue weighted by Crippen LogP contribution is -2.57. The number of nitrogens with zero attached hydrogens (tertiary/aromatic N) is 5. The molecule has 0 bridgehead atoms. The Morgan fingerprint density at radius 2 is 2.00 bits per heavy atom. The van der Waals surface area contributed by atoms with Gasteiger partial charge in [-0.1, -0.05) is 19.9 Å². The fourth-order valence-corrected chi connectivity index (χ4v) is 6.84. The summed E-state index contributed by atoms with van der Waals surface area (Å²) < 4.78 is 29.0. The largest absolute Gasteiger partial charge is 0.389 e. The third-order valence-corrected chi connectivity index (χ3v) is 8.99. The fraction of sp³-hybridized carbons (Fsp3) is 0.536. The molecule has 2 aliphatic heterocycles. The number of pyridine rings is 1. The molecule has 210 valence electrons. The smallest absolute Gasteiger partial charge is 0.227 e. The number of aliphatic hydroxyl groups is 1. The Morgan fingerprint density at radius 3 is 2.67 bits per heavy atom. The second-order valence-corrected chi connectivity index (χ2v) is 13.3. The van der Waals surface area contributed by atoms with Gasteiger partial charge in [0.1, 0.15) is 15.7 Å². The van der Waals surface area contributed by atoms with Crippen LogP contribution in [0.3, 0.4) is 0 Å². The molecule has 2 aliphatic rings. The van der Waals surface area contributed by atoms with E-state index in [4.69, 9.17) is 9.72 Å². The summed E-state index contributed by atoms with van der Waals surface area (Å²) in [4.78, 5) is 18.4. The average Bonchev–Trinajstić information content (AvgIpc) is 2.89. The Bertz CT molecular complexity index is 1450. The quantitative estimate of drug-likeness (QED) is 0.429. The van der Waals surface area contributed by atoms with Crippen LogP contribution in [0.4, 0.5) is 23.1 Å². The summed E-state index contributed by atoms with van der Waals surface area (Å²) in [7, 11) is -1.39. The van der Waals surface area contributed by atoms with Gasteiger partial charge in [0.15, 0.2) is 0 Å². The van der Waals surface area contributed by atoms with Crippen molar-refractivity contribution in [3.8, 4) is 0 Å². The number of piperidine rings is 1. The van der Waals surface area contributed by atoms with E-state index in [-0.39, 0.29) is 29.7 Å². The number of sulfone groups is 1. The molecule has 11 heteroatoms. The molecule has 1 aromatic carbocycles. The van der Waals surface area contributed by atoms with Crippen LogP contribution in [-0.2, 0) is 14.6 Å². The number of rotatable bonds is 8. The zero-order chi connectivity index (χ0) is 27.9. The number of benzene rings is 1. The van der Waals surface area contributed by atoms with E-state index < -0.39 is 15.9 Å². The normalized spacial score (nSPS) is 23.8. The predicted octanol–water partition coefficient (Wildman–Crippen LogP) is 3.35. The molecule has 4 atom stereocenters. The minimum absolute atomic E-state index is 0.115. The van der Waals surface area contributed by atoms with Gasteiger partial charge in [-0.05, 0) is 37.0 Å². The molecule has 39 heavy (non-hydrogen) atoms. The molecular formula is C28H38N6O4S. The first-order chi connectivity index (χ1) is 18.5. The van der Waals surface area contributed by atoms with Gasteiger partial charge in [0.05, 0.1) is 23.5 Å². The number of aromatic nitrogens is 3. The predicted molar refractivity (Wildman–Crippen MR) is 155 cm³/mol. The monoisotopic (exact) mass is 554 g/mol. The van der Waals surface area contributed by atoms with Crippen molar-refractivity contribution < 1.29 is 18.3 Å². The number of aliphatic hydroxyl groups excluding tert-OH is 1. The van der Waals surface area contributed by atoms with Crippen LogP contribution in [0.5, 0.6) is 0 Å². The number of nitrogens with one attached hydrogen (secondary N) is 1. The SMILES string of the molecule is CO[C@H]1CCN(c2cc(Nc3ncc4c(N5C[C@H](CS(C)(=O)=O)[C@H]5C)ccc(C(C)C)c4n3)ccn2)C[C@@H]1O. The van der Waals surface area contributed by atoms with Gasteiger partial charge in [0.2, 0.25) is 5.95 Å².